The van der Waals surface area contributed by atoms with Gasteiger partial charge in [0.25, 0.3) is 0 Å². The van der Waals surface area contributed by atoms with E-state index in [9.17, 15) is 9.59 Å². The molecule has 1 amide bonds. The van der Waals surface area contributed by atoms with Gasteiger partial charge in [0.1, 0.15) is 17.5 Å². The highest BCUT2D eigenvalue weighted by Crippen LogP contribution is 2.50. The molecule has 3 aromatic rings. The van der Waals surface area contributed by atoms with Crippen molar-refractivity contribution in [3.8, 4) is 5.69 Å². The Morgan fingerprint density at radius 2 is 1.67 bits per heavy atom. The maximum Gasteiger partial charge on any atom is 0.413 e. The number of rotatable bonds is 7. The van der Waals surface area contributed by atoms with Crippen LogP contribution in [0.15, 0.2) is 66.9 Å². The van der Waals surface area contributed by atoms with Crippen molar-refractivity contribution in [2.45, 2.75) is 51.2 Å². The Hall–Kier alpha value is -3.81. The lowest BCUT2D eigenvalue weighted by molar-refractivity contribution is -0.152. The van der Waals surface area contributed by atoms with Gasteiger partial charge in [-0.2, -0.15) is 5.10 Å². The average molecular weight is 489 g/mol. The van der Waals surface area contributed by atoms with Crippen LogP contribution in [0.1, 0.15) is 51.2 Å². The van der Waals surface area contributed by atoms with Gasteiger partial charge in [0.2, 0.25) is 0 Å². The van der Waals surface area contributed by atoms with E-state index >= 15 is 0 Å². The maximum atomic E-state index is 12.5. The standard InChI is InChI=1S/C28H32N4O4/c1-20(22-6-4-3-5-7-22)35-27(34)30-26-12-17-29-32(26)25-10-8-24(9-11-25)31-18-13-23(14-19-31)28(15-16-28)36-21(2)33/h3-12,17,20,23H,13-16,18-19H2,1-2H3,(H,30,34). The van der Waals surface area contributed by atoms with Gasteiger partial charge in [-0.3, -0.25) is 10.1 Å². The molecule has 1 aliphatic heterocycles. The number of esters is 1. The number of nitrogens with zero attached hydrogens (tertiary/aromatic N) is 3. The SMILES string of the molecule is CC(=O)OC1(C2CCN(c3ccc(-n4nccc4NC(=O)OC(C)c4ccccc4)cc3)CC2)CC1. The van der Waals surface area contributed by atoms with Gasteiger partial charge < -0.3 is 14.4 Å². The summed E-state index contributed by atoms with van der Waals surface area (Å²) in [5, 5.41) is 7.18. The molecule has 0 spiro atoms. The van der Waals surface area contributed by atoms with Gasteiger partial charge in [0.05, 0.1) is 11.9 Å². The molecule has 1 atom stereocenters. The molecule has 1 saturated heterocycles. The second-order valence-corrected chi connectivity index (χ2v) is 9.65. The number of aromatic nitrogens is 2. The van der Waals surface area contributed by atoms with E-state index < -0.39 is 6.09 Å². The minimum atomic E-state index is -0.533. The molecule has 36 heavy (non-hydrogen) atoms. The molecule has 5 rings (SSSR count). The van der Waals surface area contributed by atoms with Crippen molar-refractivity contribution >= 4 is 23.6 Å². The van der Waals surface area contributed by atoms with Crippen molar-refractivity contribution in [2.24, 2.45) is 5.92 Å². The first-order valence-electron chi connectivity index (χ1n) is 12.6. The normalized spacial score (nSPS) is 17.8. The predicted molar refractivity (Wildman–Crippen MR) is 137 cm³/mol. The largest absolute Gasteiger partial charge is 0.459 e. The fourth-order valence-electron chi connectivity index (χ4n) is 5.16. The Balaban J connectivity index is 1.18. The van der Waals surface area contributed by atoms with Gasteiger partial charge >= 0.3 is 12.1 Å². The van der Waals surface area contributed by atoms with Crippen LogP contribution in [0.25, 0.3) is 5.69 Å². The summed E-state index contributed by atoms with van der Waals surface area (Å²) >= 11 is 0. The summed E-state index contributed by atoms with van der Waals surface area (Å²) in [6.45, 7) is 5.22. The van der Waals surface area contributed by atoms with Gasteiger partial charge in [-0.25, -0.2) is 9.48 Å². The van der Waals surface area contributed by atoms with Crippen LogP contribution < -0.4 is 10.2 Å². The zero-order valence-electron chi connectivity index (χ0n) is 20.7. The number of piperidine rings is 1. The van der Waals surface area contributed by atoms with Crippen molar-refractivity contribution < 1.29 is 19.1 Å². The minimum absolute atomic E-state index is 0.169. The van der Waals surface area contributed by atoms with E-state index in [2.05, 4.69) is 27.4 Å². The minimum Gasteiger partial charge on any atom is -0.459 e. The fraction of sp³-hybridized carbons (Fsp3) is 0.393. The molecule has 2 aromatic carbocycles. The van der Waals surface area contributed by atoms with Crippen LogP contribution in [0.3, 0.4) is 0 Å². The third-order valence-corrected chi connectivity index (χ3v) is 7.21. The number of amides is 1. The van der Waals surface area contributed by atoms with Crippen molar-refractivity contribution in [1.82, 2.24) is 9.78 Å². The summed E-state index contributed by atoms with van der Waals surface area (Å²) in [5.41, 5.74) is 2.72. The smallest absolute Gasteiger partial charge is 0.413 e. The van der Waals surface area contributed by atoms with E-state index in [0.29, 0.717) is 11.7 Å². The quantitative estimate of drug-likeness (QED) is 0.443. The summed E-state index contributed by atoms with van der Waals surface area (Å²) in [6, 6.07) is 19.5. The number of carbonyl (C=O) groups excluding carboxylic acids is 2. The predicted octanol–water partition coefficient (Wildman–Crippen LogP) is 5.49. The molecule has 1 aliphatic carbocycles. The molecule has 0 bridgehead atoms. The topological polar surface area (TPSA) is 85.7 Å². The third-order valence-electron chi connectivity index (χ3n) is 7.21. The summed E-state index contributed by atoms with van der Waals surface area (Å²) < 4.78 is 12.9. The molecule has 1 unspecified atom stereocenters. The molecule has 2 fully saturated rings. The molecule has 2 heterocycles. The van der Waals surface area contributed by atoms with Crippen LogP contribution in [0, 0.1) is 5.92 Å². The van der Waals surface area contributed by atoms with Crippen LogP contribution in [-0.2, 0) is 14.3 Å². The highest BCUT2D eigenvalue weighted by atomic mass is 16.6. The third kappa shape index (κ3) is 5.22. The number of anilines is 2. The number of carbonyl (C=O) groups is 2. The zero-order chi connectivity index (χ0) is 25.1. The summed E-state index contributed by atoms with van der Waals surface area (Å²) in [7, 11) is 0. The highest BCUT2D eigenvalue weighted by molar-refractivity contribution is 5.84. The number of ether oxygens (including phenoxy) is 2. The number of hydrogen-bond acceptors (Lipinski definition) is 6. The van der Waals surface area contributed by atoms with E-state index in [1.54, 1.807) is 16.9 Å². The summed E-state index contributed by atoms with van der Waals surface area (Å²) in [4.78, 5) is 26.3. The van der Waals surface area contributed by atoms with E-state index in [1.165, 1.54) is 6.92 Å². The van der Waals surface area contributed by atoms with Crippen LogP contribution in [0.2, 0.25) is 0 Å². The molecular formula is C28H32N4O4. The number of benzene rings is 2. The molecule has 1 saturated carbocycles. The first-order chi connectivity index (χ1) is 17.4. The Morgan fingerprint density at radius 1 is 1.00 bits per heavy atom. The molecule has 8 nitrogen and oxygen atoms in total. The second-order valence-electron chi connectivity index (χ2n) is 9.65. The van der Waals surface area contributed by atoms with Gasteiger partial charge in [-0.05, 0) is 62.4 Å². The van der Waals surface area contributed by atoms with Gasteiger partial charge in [0, 0.05) is 37.7 Å². The molecule has 1 N–H and O–H groups in total. The Kier molecular flexibility index (Phi) is 6.67. The van der Waals surface area contributed by atoms with Crippen LogP contribution in [-0.4, -0.2) is 40.5 Å². The summed E-state index contributed by atoms with van der Waals surface area (Å²) in [6.07, 6.45) is 4.77. The van der Waals surface area contributed by atoms with E-state index in [-0.39, 0.29) is 17.7 Å². The lowest BCUT2D eigenvalue weighted by atomic mass is 9.89. The van der Waals surface area contributed by atoms with Gasteiger partial charge in [-0.1, -0.05) is 30.3 Å². The highest BCUT2D eigenvalue weighted by Gasteiger charge is 2.53. The second kappa shape index (κ2) is 10.0. The number of hydrogen-bond donors (Lipinski definition) is 1. The molecule has 188 valence electrons. The lowest BCUT2D eigenvalue weighted by Gasteiger charge is -2.37. The van der Waals surface area contributed by atoms with Crippen molar-refractivity contribution in [2.75, 3.05) is 23.3 Å². The lowest BCUT2D eigenvalue weighted by Crippen LogP contribution is -2.40. The van der Waals surface area contributed by atoms with Gasteiger partial charge in [-0.15, -0.1) is 0 Å². The molecular weight excluding hydrogens is 456 g/mol. The Morgan fingerprint density at radius 3 is 2.31 bits per heavy atom. The maximum absolute atomic E-state index is 12.5. The zero-order valence-corrected chi connectivity index (χ0v) is 20.7. The molecule has 8 heteroatoms. The van der Waals surface area contributed by atoms with Crippen LogP contribution in [0.4, 0.5) is 16.3 Å². The molecule has 0 radical (unpaired) electrons. The van der Waals surface area contributed by atoms with Crippen molar-refractivity contribution in [3.63, 3.8) is 0 Å². The molecule has 1 aromatic heterocycles. The fourth-order valence-corrected chi connectivity index (χ4v) is 5.16. The van der Waals surface area contributed by atoms with E-state index in [4.69, 9.17) is 9.47 Å². The van der Waals surface area contributed by atoms with E-state index in [0.717, 1.165) is 55.7 Å². The van der Waals surface area contributed by atoms with Crippen LogP contribution >= 0.6 is 0 Å². The van der Waals surface area contributed by atoms with E-state index in [1.807, 2.05) is 49.4 Å². The number of nitrogens with one attached hydrogen (secondary N) is 1. The Bertz CT molecular complexity index is 1200. The van der Waals surface area contributed by atoms with Crippen molar-refractivity contribution in [3.05, 3.63) is 72.4 Å². The van der Waals surface area contributed by atoms with Crippen LogP contribution in [0.5, 0.6) is 0 Å². The molecule has 2 aliphatic rings. The summed E-state index contributed by atoms with van der Waals surface area (Å²) in [5.74, 6) is 0.810. The van der Waals surface area contributed by atoms with Gasteiger partial charge in [0.15, 0.2) is 0 Å². The first kappa shape index (κ1) is 23.9. The monoisotopic (exact) mass is 488 g/mol. The average Bonchev–Trinajstić information content (AvgIpc) is 3.52. The Labute approximate surface area is 211 Å². The van der Waals surface area contributed by atoms with Crippen molar-refractivity contribution in [1.29, 1.82) is 0 Å². The first-order valence-corrected chi connectivity index (χ1v) is 12.6.